The average molecular weight is 409 g/mol. The number of carbonyl (C=O) groups excluding carboxylic acids is 3. The van der Waals surface area contributed by atoms with E-state index in [4.69, 9.17) is 4.74 Å². The summed E-state index contributed by atoms with van der Waals surface area (Å²) >= 11 is 1.41. The van der Waals surface area contributed by atoms with E-state index in [0.29, 0.717) is 5.69 Å². The summed E-state index contributed by atoms with van der Waals surface area (Å²) in [5.74, 6) is -1.60. The Hall–Kier alpha value is -2.94. The van der Waals surface area contributed by atoms with Crippen molar-refractivity contribution in [3.8, 4) is 5.75 Å². The zero-order valence-electron chi connectivity index (χ0n) is 15.0. The van der Waals surface area contributed by atoms with Crippen molar-refractivity contribution in [2.45, 2.75) is 18.4 Å². The lowest BCUT2D eigenvalue weighted by Crippen LogP contribution is -2.15. The zero-order chi connectivity index (χ0) is 20.7. The molecule has 28 heavy (non-hydrogen) atoms. The summed E-state index contributed by atoms with van der Waals surface area (Å²) < 4.78 is 33.4. The van der Waals surface area contributed by atoms with Gasteiger partial charge in [0.1, 0.15) is 5.75 Å². The Morgan fingerprint density at radius 2 is 1.71 bits per heavy atom. The lowest BCUT2D eigenvalue weighted by Gasteiger charge is -2.10. The van der Waals surface area contributed by atoms with Gasteiger partial charge in [-0.3, -0.25) is 9.59 Å². The Labute approximate surface area is 164 Å². The highest BCUT2D eigenvalue weighted by molar-refractivity contribution is 7.98. The van der Waals surface area contributed by atoms with Crippen molar-refractivity contribution in [3.05, 3.63) is 53.6 Å². The van der Waals surface area contributed by atoms with Crippen LogP contribution in [0.1, 0.15) is 27.6 Å². The van der Waals surface area contributed by atoms with E-state index in [2.05, 4.69) is 10.1 Å². The van der Waals surface area contributed by atoms with Gasteiger partial charge in [-0.2, -0.15) is 8.78 Å². The molecule has 0 saturated carbocycles. The second-order valence-corrected chi connectivity index (χ2v) is 6.35. The molecule has 0 atom stereocenters. The minimum Gasteiger partial charge on any atom is -0.454 e. The predicted octanol–water partition coefficient (Wildman–Crippen LogP) is 4.01. The van der Waals surface area contributed by atoms with Crippen LogP contribution in [0, 0.1) is 0 Å². The van der Waals surface area contributed by atoms with E-state index >= 15 is 0 Å². The van der Waals surface area contributed by atoms with E-state index in [1.54, 1.807) is 12.1 Å². The number of anilines is 1. The quantitative estimate of drug-likeness (QED) is 0.403. The van der Waals surface area contributed by atoms with Crippen LogP contribution in [0.3, 0.4) is 0 Å². The molecular formula is C19H17F2NO5S. The van der Waals surface area contributed by atoms with Crippen LogP contribution in [-0.4, -0.2) is 37.1 Å². The Morgan fingerprint density at radius 1 is 1.07 bits per heavy atom. The van der Waals surface area contributed by atoms with E-state index in [1.807, 2.05) is 6.26 Å². The summed E-state index contributed by atoms with van der Waals surface area (Å²) in [7, 11) is 0. The van der Waals surface area contributed by atoms with Gasteiger partial charge in [0.05, 0.1) is 11.3 Å². The molecule has 0 saturated heterocycles. The Balaban J connectivity index is 2.01. The fraction of sp³-hybridized carbons (Fsp3) is 0.211. The normalized spacial score (nSPS) is 10.5. The maximum atomic E-state index is 12.3. The summed E-state index contributed by atoms with van der Waals surface area (Å²) in [6.45, 7) is -2.11. The summed E-state index contributed by atoms with van der Waals surface area (Å²) in [4.78, 5) is 36.4. The molecule has 0 radical (unpaired) electrons. The van der Waals surface area contributed by atoms with E-state index in [1.165, 1.54) is 49.0 Å². The molecule has 9 heteroatoms. The van der Waals surface area contributed by atoms with Gasteiger partial charge in [-0.15, -0.1) is 11.8 Å². The SMILES string of the molecule is CSc1ccc(C(=O)COC(=O)c2ccc(OC(F)F)cc2)cc1NC(C)=O. The van der Waals surface area contributed by atoms with Crippen LogP contribution >= 0.6 is 11.8 Å². The van der Waals surface area contributed by atoms with Crippen molar-refractivity contribution in [2.24, 2.45) is 0 Å². The van der Waals surface area contributed by atoms with Crippen LogP contribution in [0.15, 0.2) is 47.4 Å². The minimum atomic E-state index is -2.96. The number of carbonyl (C=O) groups is 3. The van der Waals surface area contributed by atoms with Crippen molar-refractivity contribution in [1.29, 1.82) is 0 Å². The number of Topliss-reactive ketones (excluding diaryl/α,β-unsaturated/α-hetero) is 1. The van der Waals surface area contributed by atoms with Gasteiger partial charge in [-0.05, 0) is 42.7 Å². The van der Waals surface area contributed by atoms with Crippen LogP contribution in [-0.2, 0) is 9.53 Å². The molecule has 1 N–H and O–H groups in total. The summed E-state index contributed by atoms with van der Waals surface area (Å²) in [6.07, 6.45) is 1.83. The van der Waals surface area contributed by atoms with Crippen LogP contribution < -0.4 is 10.1 Å². The third-order valence-corrected chi connectivity index (χ3v) is 4.28. The first-order valence-corrected chi connectivity index (χ1v) is 9.23. The summed E-state index contributed by atoms with van der Waals surface area (Å²) in [5.41, 5.74) is 0.855. The number of nitrogens with one attached hydrogen (secondary N) is 1. The van der Waals surface area contributed by atoms with E-state index in [0.717, 1.165) is 4.90 Å². The molecule has 0 fully saturated rings. The van der Waals surface area contributed by atoms with E-state index < -0.39 is 25.0 Å². The van der Waals surface area contributed by atoms with Crippen molar-refractivity contribution in [3.63, 3.8) is 0 Å². The van der Waals surface area contributed by atoms with Crippen LogP contribution in [0.5, 0.6) is 5.75 Å². The fourth-order valence-corrected chi connectivity index (χ4v) is 2.77. The second kappa shape index (κ2) is 9.84. The third-order valence-electron chi connectivity index (χ3n) is 3.48. The zero-order valence-corrected chi connectivity index (χ0v) is 15.8. The van der Waals surface area contributed by atoms with Gasteiger partial charge in [-0.25, -0.2) is 4.79 Å². The number of amides is 1. The molecule has 0 aromatic heterocycles. The molecule has 6 nitrogen and oxygen atoms in total. The Morgan fingerprint density at radius 3 is 2.29 bits per heavy atom. The van der Waals surface area contributed by atoms with Gasteiger partial charge in [0.2, 0.25) is 5.91 Å². The molecule has 0 heterocycles. The monoisotopic (exact) mass is 409 g/mol. The number of benzene rings is 2. The van der Waals surface area contributed by atoms with E-state index in [-0.39, 0.29) is 22.8 Å². The molecule has 0 aliphatic heterocycles. The Kier molecular flexibility index (Phi) is 7.51. The van der Waals surface area contributed by atoms with Gasteiger partial charge in [0.25, 0.3) is 0 Å². The highest BCUT2D eigenvalue weighted by Gasteiger charge is 2.14. The van der Waals surface area contributed by atoms with E-state index in [9.17, 15) is 23.2 Å². The van der Waals surface area contributed by atoms with Gasteiger partial charge in [0.15, 0.2) is 12.4 Å². The van der Waals surface area contributed by atoms with Crippen LogP contribution in [0.25, 0.3) is 0 Å². The van der Waals surface area contributed by atoms with Crippen molar-refractivity contribution >= 4 is 35.1 Å². The molecule has 148 valence electrons. The topological polar surface area (TPSA) is 81.7 Å². The number of rotatable bonds is 8. The number of hydrogen-bond acceptors (Lipinski definition) is 6. The Bertz CT molecular complexity index is 871. The maximum Gasteiger partial charge on any atom is 0.387 e. The molecule has 0 aliphatic rings. The molecule has 0 aliphatic carbocycles. The lowest BCUT2D eigenvalue weighted by atomic mass is 10.1. The number of hydrogen-bond donors (Lipinski definition) is 1. The number of alkyl halides is 2. The maximum absolute atomic E-state index is 12.3. The minimum absolute atomic E-state index is 0.0890. The summed E-state index contributed by atoms with van der Waals surface area (Å²) in [5, 5.41) is 2.64. The molecular weight excluding hydrogens is 392 g/mol. The molecule has 2 rings (SSSR count). The highest BCUT2D eigenvalue weighted by atomic mass is 32.2. The number of ether oxygens (including phenoxy) is 2. The molecule has 0 bridgehead atoms. The molecule has 0 spiro atoms. The van der Waals surface area contributed by atoms with Crippen molar-refractivity contribution < 1.29 is 32.6 Å². The number of halogens is 2. The first kappa shape index (κ1) is 21.4. The molecule has 1 amide bonds. The van der Waals surface area contributed by atoms with Crippen LogP contribution in [0.2, 0.25) is 0 Å². The first-order chi connectivity index (χ1) is 13.3. The summed E-state index contributed by atoms with van der Waals surface area (Å²) in [6, 6.07) is 9.69. The van der Waals surface area contributed by atoms with Gasteiger partial charge < -0.3 is 14.8 Å². The standard InChI is InChI=1S/C19H17F2NO5S/c1-11(23)22-15-9-13(5-8-17(15)28-2)16(24)10-26-18(25)12-3-6-14(7-4-12)27-19(20)21/h3-9,19H,10H2,1-2H3,(H,22,23). The molecule has 2 aromatic carbocycles. The smallest absolute Gasteiger partial charge is 0.387 e. The number of thioether (sulfide) groups is 1. The lowest BCUT2D eigenvalue weighted by molar-refractivity contribution is -0.114. The second-order valence-electron chi connectivity index (χ2n) is 5.50. The first-order valence-electron chi connectivity index (χ1n) is 8.01. The highest BCUT2D eigenvalue weighted by Crippen LogP contribution is 2.26. The third kappa shape index (κ3) is 6.05. The largest absolute Gasteiger partial charge is 0.454 e. The fourth-order valence-electron chi connectivity index (χ4n) is 2.24. The number of ketones is 1. The average Bonchev–Trinajstić information content (AvgIpc) is 2.65. The predicted molar refractivity (Wildman–Crippen MR) is 100 cm³/mol. The molecule has 2 aromatic rings. The number of esters is 1. The van der Waals surface area contributed by atoms with Gasteiger partial charge in [0, 0.05) is 17.4 Å². The van der Waals surface area contributed by atoms with Gasteiger partial charge >= 0.3 is 12.6 Å². The van der Waals surface area contributed by atoms with Crippen molar-refractivity contribution in [2.75, 3.05) is 18.2 Å². The molecule has 0 unspecified atom stereocenters. The van der Waals surface area contributed by atoms with Crippen LogP contribution in [0.4, 0.5) is 14.5 Å². The van der Waals surface area contributed by atoms with Gasteiger partial charge in [-0.1, -0.05) is 6.07 Å². The van der Waals surface area contributed by atoms with Crippen molar-refractivity contribution in [1.82, 2.24) is 0 Å².